The van der Waals surface area contributed by atoms with Crippen molar-refractivity contribution in [1.82, 2.24) is 4.90 Å². The van der Waals surface area contributed by atoms with Crippen molar-refractivity contribution in [2.45, 2.75) is 38.6 Å². The molecule has 1 fully saturated rings. The van der Waals surface area contributed by atoms with E-state index in [0.717, 1.165) is 24.9 Å². The fourth-order valence-corrected chi connectivity index (χ4v) is 2.67. The first-order chi connectivity index (χ1) is 10.1. The number of hydrogen-bond acceptors (Lipinski definition) is 3. The van der Waals surface area contributed by atoms with E-state index in [9.17, 15) is 14.7 Å². The summed E-state index contributed by atoms with van der Waals surface area (Å²) >= 11 is 0. The quantitative estimate of drug-likeness (QED) is 0.871. The van der Waals surface area contributed by atoms with E-state index >= 15 is 0 Å². The van der Waals surface area contributed by atoms with E-state index in [0.29, 0.717) is 13.0 Å². The van der Waals surface area contributed by atoms with Gasteiger partial charge in [-0.05, 0) is 43.5 Å². The van der Waals surface area contributed by atoms with E-state index < -0.39 is 12.0 Å². The first-order valence-electron chi connectivity index (χ1n) is 7.46. The molecule has 1 aliphatic heterocycles. The van der Waals surface area contributed by atoms with Gasteiger partial charge < -0.3 is 10.4 Å². The molecular weight excluding hydrogens is 268 g/mol. The van der Waals surface area contributed by atoms with Crippen molar-refractivity contribution in [2.24, 2.45) is 0 Å². The van der Waals surface area contributed by atoms with Gasteiger partial charge >= 0.3 is 5.97 Å². The van der Waals surface area contributed by atoms with Crippen LogP contribution in [0.4, 0.5) is 5.69 Å². The summed E-state index contributed by atoms with van der Waals surface area (Å²) in [7, 11) is 0. The molecule has 2 N–H and O–H groups in total. The lowest BCUT2D eigenvalue weighted by atomic mass is 10.0. The molecule has 0 saturated carbocycles. The van der Waals surface area contributed by atoms with Crippen LogP contribution in [0.5, 0.6) is 0 Å². The van der Waals surface area contributed by atoms with Gasteiger partial charge in [0.1, 0.15) is 6.04 Å². The van der Waals surface area contributed by atoms with Gasteiger partial charge in [-0.15, -0.1) is 0 Å². The highest BCUT2D eigenvalue weighted by atomic mass is 16.4. The van der Waals surface area contributed by atoms with Crippen LogP contribution in [0.1, 0.15) is 31.7 Å². The predicted octanol–water partition coefficient (Wildman–Crippen LogP) is 2.13. The van der Waals surface area contributed by atoms with Crippen LogP contribution < -0.4 is 5.32 Å². The first-order valence-corrected chi connectivity index (χ1v) is 7.46. The average molecular weight is 290 g/mol. The number of anilines is 1. The van der Waals surface area contributed by atoms with E-state index in [2.05, 4.69) is 12.2 Å². The second-order valence-corrected chi connectivity index (χ2v) is 5.42. The van der Waals surface area contributed by atoms with Gasteiger partial charge in [0.15, 0.2) is 0 Å². The number of rotatable bonds is 5. The standard InChI is InChI=1S/C16H22N2O3/c1-2-12-6-8-13(9-7-12)17-15(19)11-18-10-4-3-5-14(18)16(20)21/h6-9,14H,2-5,10-11H2,1H3,(H,17,19)(H,20,21). The molecule has 1 aromatic carbocycles. The SMILES string of the molecule is CCc1ccc(NC(=O)CN2CCCCC2C(=O)O)cc1. The van der Waals surface area contributed by atoms with Crippen molar-refractivity contribution in [3.05, 3.63) is 29.8 Å². The van der Waals surface area contributed by atoms with Gasteiger partial charge in [0.05, 0.1) is 6.54 Å². The van der Waals surface area contributed by atoms with Crippen molar-refractivity contribution in [3.8, 4) is 0 Å². The van der Waals surface area contributed by atoms with Crippen LogP contribution in [0.25, 0.3) is 0 Å². The van der Waals surface area contributed by atoms with Gasteiger partial charge in [0, 0.05) is 5.69 Å². The Labute approximate surface area is 125 Å². The Morgan fingerprint density at radius 3 is 2.62 bits per heavy atom. The van der Waals surface area contributed by atoms with E-state index in [-0.39, 0.29) is 12.5 Å². The maximum atomic E-state index is 12.1. The van der Waals surface area contributed by atoms with E-state index in [4.69, 9.17) is 0 Å². The third-order valence-corrected chi connectivity index (χ3v) is 3.89. The highest BCUT2D eigenvalue weighted by molar-refractivity contribution is 5.92. The minimum Gasteiger partial charge on any atom is -0.480 e. The normalized spacial score (nSPS) is 19.2. The minimum absolute atomic E-state index is 0.131. The summed E-state index contributed by atoms with van der Waals surface area (Å²) in [6.07, 6.45) is 3.44. The lowest BCUT2D eigenvalue weighted by Gasteiger charge is -2.32. The molecule has 1 aromatic rings. The number of likely N-dealkylation sites (tertiary alicyclic amines) is 1. The molecule has 0 bridgehead atoms. The molecule has 2 rings (SSSR count). The number of carbonyl (C=O) groups excluding carboxylic acids is 1. The Balaban J connectivity index is 1.92. The summed E-state index contributed by atoms with van der Waals surface area (Å²) in [6, 6.07) is 7.18. The number of nitrogens with zero attached hydrogens (tertiary/aromatic N) is 1. The van der Waals surface area contributed by atoms with Crippen molar-refractivity contribution >= 4 is 17.6 Å². The van der Waals surface area contributed by atoms with Gasteiger partial charge in [-0.2, -0.15) is 0 Å². The van der Waals surface area contributed by atoms with Crippen molar-refractivity contribution in [2.75, 3.05) is 18.4 Å². The summed E-state index contributed by atoms with van der Waals surface area (Å²) in [5.74, 6) is -0.998. The zero-order valence-electron chi connectivity index (χ0n) is 12.3. The van der Waals surface area contributed by atoms with Crippen molar-refractivity contribution in [1.29, 1.82) is 0 Å². The highest BCUT2D eigenvalue weighted by Gasteiger charge is 2.29. The molecule has 0 spiro atoms. The van der Waals surface area contributed by atoms with Gasteiger partial charge in [0.25, 0.3) is 0 Å². The molecule has 1 heterocycles. The molecule has 1 aliphatic rings. The number of aryl methyl sites for hydroxylation is 1. The lowest BCUT2D eigenvalue weighted by molar-refractivity contribution is -0.145. The summed E-state index contributed by atoms with van der Waals surface area (Å²) in [5, 5.41) is 12.0. The van der Waals surface area contributed by atoms with Crippen LogP contribution >= 0.6 is 0 Å². The van der Waals surface area contributed by atoms with Gasteiger partial charge in [-0.3, -0.25) is 14.5 Å². The van der Waals surface area contributed by atoms with Crippen LogP contribution in [0.3, 0.4) is 0 Å². The van der Waals surface area contributed by atoms with Crippen LogP contribution in [0, 0.1) is 0 Å². The van der Waals surface area contributed by atoms with Crippen molar-refractivity contribution in [3.63, 3.8) is 0 Å². The van der Waals surface area contributed by atoms with Crippen molar-refractivity contribution < 1.29 is 14.7 Å². The molecule has 5 heteroatoms. The number of carbonyl (C=O) groups is 2. The molecule has 1 unspecified atom stereocenters. The molecule has 1 amide bonds. The zero-order chi connectivity index (χ0) is 15.2. The summed E-state index contributed by atoms with van der Waals surface area (Å²) in [6.45, 7) is 2.88. The van der Waals surface area contributed by atoms with Gasteiger partial charge in [-0.25, -0.2) is 0 Å². The molecule has 21 heavy (non-hydrogen) atoms. The fourth-order valence-electron chi connectivity index (χ4n) is 2.67. The summed E-state index contributed by atoms with van der Waals surface area (Å²) in [5.41, 5.74) is 1.97. The second kappa shape index (κ2) is 7.22. The lowest BCUT2D eigenvalue weighted by Crippen LogP contribution is -2.47. The van der Waals surface area contributed by atoms with E-state index in [1.54, 1.807) is 4.90 Å². The monoisotopic (exact) mass is 290 g/mol. The summed E-state index contributed by atoms with van der Waals surface area (Å²) in [4.78, 5) is 25.0. The van der Waals surface area contributed by atoms with Gasteiger partial charge in [-0.1, -0.05) is 25.5 Å². The smallest absolute Gasteiger partial charge is 0.320 e. The second-order valence-electron chi connectivity index (χ2n) is 5.42. The molecule has 5 nitrogen and oxygen atoms in total. The Bertz CT molecular complexity index is 499. The highest BCUT2D eigenvalue weighted by Crippen LogP contribution is 2.17. The van der Waals surface area contributed by atoms with Gasteiger partial charge in [0.2, 0.25) is 5.91 Å². The number of hydrogen-bond donors (Lipinski definition) is 2. The molecule has 114 valence electrons. The van der Waals surface area contributed by atoms with Crippen LogP contribution in [0.2, 0.25) is 0 Å². The molecule has 0 aliphatic carbocycles. The number of piperidine rings is 1. The minimum atomic E-state index is -0.838. The number of carboxylic acid groups (broad SMARTS) is 1. The average Bonchev–Trinajstić information content (AvgIpc) is 2.48. The fraction of sp³-hybridized carbons (Fsp3) is 0.500. The zero-order valence-corrected chi connectivity index (χ0v) is 12.3. The third-order valence-electron chi connectivity index (χ3n) is 3.89. The number of carboxylic acids is 1. The van der Waals surface area contributed by atoms with Crippen LogP contribution in [0.15, 0.2) is 24.3 Å². The Kier molecular flexibility index (Phi) is 5.33. The maximum Gasteiger partial charge on any atom is 0.320 e. The topological polar surface area (TPSA) is 69.6 Å². The first kappa shape index (κ1) is 15.5. The Hall–Kier alpha value is -1.88. The number of amides is 1. The molecule has 0 aromatic heterocycles. The largest absolute Gasteiger partial charge is 0.480 e. The predicted molar refractivity (Wildman–Crippen MR) is 81.3 cm³/mol. The Morgan fingerprint density at radius 1 is 1.29 bits per heavy atom. The summed E-state index contributed by atoms with van der Waals surface area (Å²) < 4.78 is 0. The van der Waals surface area contributed by atoms with E-state index in [1.807, 2.05) is 24.3 Å². The van der Waals surface area contributed by atoms with E-state index in [1.165, 1.54) is 5.56 Å². The molecule has 1 atom stereocenters. The Morgan fingerprint density at radius 2 is 2.00 bits per heavy atom. The third kappa shape index (κ3) is 4.29. The number of nitrogens with one attached hydrogen (secondary N) is 1. The molecule has 1 saturated heterocycles. The number of aliphatic carboxylic acids is 1. The molecular formula is C16H22N2O3. The molecule has 0 radical (unpaired) electrons. The maximum absolute atomic E-state index is 12.1. The number of benzene rings is 1. The van der Waals surface area contributed by atoms with Crippen LogP contribution in [-0.4, -0.2) is 41.0 Å². The van der Waals surface area contributed by atoms with Crippen LogP contribution in [-0.2, 0) is 16.0 Å².